The van der Waals surface area contributed by atoms with E-state index in [0.29, 0.717) is 18.5 Å². The van der Waals surface area contributed by atoms with Gasteiger partial charge in [0.2, 0.25) is 0 Å². The fourth-order valence-electron chi connectivity index (χ4n) is 5.79. The van der Waals surface area contributed by atoms with Crippen molar-refractivity contribution >= 4 is 23.2 Å². The molecule has 2 aliphatic heterocycles. The van der Waals surface area contributed by atoms with E-state index in [-0.39, 0.29) is 29.8 Å². The van der Waals surface area contributed by atoms with Gasteiger partial charge in [-0.15, -0.1) is 12.4 Å². The first-order valence-electron chi connectivity index (χ1n) is 11.7. The van der Waals surface area contributed by atoms with Crippen LogP contribution >= 0.6 is 12.4 Å². The van der Waals surface area contributed by atoms with E-state index in [4.69, 9.17) is 5.10 Å². The normalized spacial score (nSPS) is 25.1. The number of rotatable bonds is 5. The van der Waals surface area contributed by atoms with E-state index in [1.807, 2.05) is 24.3 Å². The van der Waals surface area contributed by atoms with E-state index in [0.717, 1.165) is 40.8 Å². The number of benzene rings is 2. The molecule has 3 aliphatic rings. The van der Waals surface area contributed by atoms with Crippen LogP contribution in [0.15, 0.2) is 53.3 Å². The van der Waals surface area contributed by atoms with Crippen LogP contribution < -0.4 is 5.56 Å². The van der Waals surface area contributed by atoms with Gasteiger partial charge in [0.05, 0.1) is 17.1 Å². The van der Waals surface area contributed by atoms with Crippen molar-refractivity contribution in [2.24, 2.45) is 5.92 Å². The predicted octanol–water partition coefficient (Wildman–Crippen LogP) is 5.13. The van der Waals surface area contributed by atoms with Gasteiger partial charge >= 0.3 is 0 Å². The van der Waals surface area contributed by atoms with Crippen LogP contribution in [-0.4, -0.2) is 33.3 Å². The van der Waals surface area contributed by atoms with Gasteiger partial charge in [-0.1, -0.05) is 30.3 Å². The first-order valence-corrected chi connectivity index (χ1v) is 11.7. The Morgan fingerprint density at radius 3 is 2.19 bits per heavy atom. The number of halogens is 2. The third kappa shape index (κ3) is 3.97. The molecule has 0 N–H and O–H groups in total. The topological polar surface area (TPSA) is 38.1 Å². The first-order chi connectivity index (χ1) is 15.2. The summed E-state index contributed by atoms with van der Waals surface area (Å²) in [7, 11) is 0. The molecule has 0 spiro atoms. The molecule has 1 aliphatic carbocycles. The average molecular weight is 454 g/mol. The van der Waals surface area contributed by atoms with Gasteiger partial charge in [-0.25, -0.2) is 9.07 Å². The van der Waals surface area contributed by atoms with Gasteiger partial charge in [-0.3, -0.25) is 9.69 Å². The minimum absolute atomic E-state index is 0. The lowest BCUT2D eigenvalue weighted by atomic mass is 9.96. The van der Waals surface area contributed by atoms with E-state index in [9.17, 15) is 9.18 Å². The molecular formula is C26H29ClFN3O. The quantitative estimate of drug-likeness (QED) is 0.537. The molecule has 0 radical (unpaired) electrons. The lowest BCUT2D eigenvalue weighted by molar-refractivity contribution is 0.0957. The maximum Gasteiger partial charge on any atom is 0.274 e. The number of nitrogens with zero attached hydrogens (tertiary/aromatic N) is 3. The number of hydrogen-bond donors (Lipinski definition) is 0. The van der Waals surface area contributed by atoms with Crippen molar-refractivity contribution in [3.63, 3.8) is 0 Å². The first kappa shape index (κ1) is 21.6. The van der Waals surface area contributed by atoms with Gasteiger partial charge in [0.15, 0.2) is 0 Å². The molecule has 6 rings (SSSR count). The highest BCUT2D eigenvalue weighted by Gasteiger charge is 2.43. The van der Waals surface area contributed by atoms with Crippen LogP contribution in [0, 0.1) is 11.7 Å². The second kappa shape index (κ2) is 8.60. The van der Waals surface area contributed by atoms with Crippen molar-refractivity contribution in [3.05, 3.63) is 76.0 Å². The summed E-state index contributed by atoms with van der Waals surface area (Å²) in [6, 6.07) is 15.7. The molecular weight excluding hydrogens is 425 g/mol. The number of piperidine rings is 1. The summed E-state index contributed by atoms with van der Waals surface area (Å²) in [4.78, 5) is 16.2. The zero-order valence-electron chi connectivity index (χ0n) is 18.1. The fraction of sp³-hybridized carbons (Fsp3) is 0.462. The van der Waals surface area contributed by atoms with Gasteiger partial charge in [0.1, 0.15) is 5.82 Å². The second-order valence-electron chi connectivity index (χ2n) is 9.70. The van der Waals surface area contributed by atoms with E-state index < -0.39 is 0 Å². The monoisotopic (exact) mass is 453 g/mol. The van der Waals surface area contributed by atoms with Crippen molar-refractivity contribution in [2.45, 2.75) is 63.1 Å². The molecule has 1 aromatic heterocycles. The van der Waals surface area contributed by atoms with E-state index in [1.165, 1.54) is 44.4 Å². The summed E-state index contributed by atoms with van der Waals surface area (Å²) in [5.74, 6) is 0.670. The lowest BCUT2D eigenvalue weighted by Gasteiger charge is -2.39. The van der Waals surface area contributed by atoms with Crippen LogP contribution in [0.2, 0.25) is 0 Å². The van der Waals surface area contributed by atoms with Crippen molar-refractivity contribution in [1.82, 2.24) is 14.7 Å². The minimum Gasteiger partial charge on any atom is -0.297 e. The number of aromatic nitrogens is 2. The minimum atomic E-state index is -0.236. The SMILES string of the molecule is Cl.O=c1c2ccccc2c(Cc2ccc(F)cc2)nn1C1CC2CCC(C1)N2CC1CC1. The largest absolute Gasteiger partial charge is 0.297 e. The van der Waals surface area contributed by atoms with E-state index >= 15 is 0 Å². The van der Waals surface area contributed by atoms with Crippen molar-refractivity contribution in [3.8, 4) is 0 Å². The summed E-state index contributed by atoms with van der Waals surface area (Å²) < 4.78 is 15.2. The van der Waals surface area contributed by atoms with Gasteiger partial charge in [-0.05, 0) is 68.2 Å². The summed E-state index contributed by atoms with van der Waals surface area (Å²) in [6.45, 7) is 1.25. The molecule has 168 valence electrons. The highest BCUT2D eigenvalue weighted by molar-refractivity contribution is 5.85. The molecule has 2 saturated heterocycles. The van der Waals surface area contributed by atoms with Crippen molar-refractivity contribution in [1.29, 1.82) is 0 Å². The standard InChI is InChI=1S/C26H28FN3O.ClH/c27-19-9-7-17(8-10-19)13-25-23-3-1-2-4-24(23)26(31)30(28-25)22-14-20-11-12-21(15-22)29(20)16-18-5-6-18;/h1-4,7-10,18,20-22H,5-6,11-16H2;1H. The summed E-state index contributed by atoms with van der Waals surface area (Å²) >= 11 is 0. The van der Waals surface area contributed by atoms with Crippen molar-refractivity contribution in [2.75, 3.05) is 6.54 Å². The molecule has 3 heterocycles. The summed E-state index contributed by atoms with van der Waals surface area (Å²) in [6.07, 6.45) is 7.90. The maximum absolute atomic E-state index is 13.4. The van der Waals surface area contributed by atoms with Crippen molar-refractivity contribution < 1.29 is 4.39 Å². The summed E-state index contributed by atoms with van der Waals surface area (Å²) in [5.41, 5.74) is 1.93. The Labute approximate surface area is 193 Å². The molecule has 0 amide bonds. The van der Waals surface area contributed by atoms with E-state index in [1.54, 1.807) is 16.8 Å². The Hall–Kier alpha value is -2.24. The molecule has 2 atom stereocenters. The molecule has 6 heteroatoms. The molecule has 1 saturated carbocycles. The Morgan fingerprint density at radius 1 is 0.875 bits per heavy atom. The molecule has 2 aromatic carbocycles. The fourth-order valence-corrected chi connectivity index (χ4v) is 5.79. The summed E-state index contributed by atoms with van der Waals surface area (Å²) in [5, 5.41) is 6.57. The Kier molecular flexibility index (Phi) is 5.81. The molecule has 2 unspecified atom stereocenters. The Bertz CT molecular complexity index is 1160. The smallest absolute Gasteiger partial charge is 0.274 e. The zero-order valence-corrected chi connectivity index (χ0v) is 18.9. The predicted molar refractivity (Wildman–Crippen MR) is 127 cm³/mol. The highest BCUT2D eigenvalue weighted by Crippen LogP contribution is 2.43. The molecule has 3 fully saturated rings. The van der Waals surface area contributed by atoms with Crippen LogP contribution in [0.3, 0.4) is 0 Å². The molecule has 2 bridgehead atoms. The van der Waals surface area contributed by atoms with Gasteiger partial charge in [0, 0.05) is 30.4 Å². The Morgan fingerprint density at radius 2 is 1.53 bits per heavy atom. The molecule has 4 nitrogen and oxygen atoms in total. The Balaban J connectivity index is 0.00000216. The van der Waals surface area contributed by atoms with Crippen LogP contribution in [0.4, 0.5) is 4.39 Å². The van der Waals surface area contributed by atoms with Crippen LogP contribution in [0.1, 0.15) is 55.8 Å². The number of hydrogen-bond acceptors (Lipinski definition) is 3. The molecule has 3 aromatic rings. The van der Waals surface area contributed by atoms with Crippen LogP contribution in [-0.2, 0) is 6.42 Å². The maximum atomic E-state index is 13.4. The lowest BCUT2D eigenvalue weighted by Crippen LogP contribution is -2.46. The van der Waals surface area contributed by atoms with Crippen LogP contribution in [0.5, 0.6) is 0 Å². The zero-order chi connectivity index (χ0) is 20.9. The van der Waals surface area contributed by atoms with Crippen LogP contribution in [0.25, 0.3) is 10.8 Å². The van der Waals surface area contributed by atoms with Gasteiger partial charge < -0.3 is 0 Å². The van der Waals surface area contributed by atoms with E-state index in [2.05, 4.69) is 4.90 Å². The molecule has 32 heavy (non-hydrogen) atoms. The van der Waals surface area contributed by atoms with Gasteiger partial charge in [0.25, 0.3) is 5.56 Å². The second-order valence-corrected chi connectivity index (χ2v) is 9.70. The number of fused-ring (bicyclic) bond motifs is 3. The van der Waals surface area contributed by atoms with Gasteiger partial charge in [-0.2, -0.15) is 5.10 Å². The average Bonchev–Trinajstić information content (AvgIpc) is 3.57. The highest BCUT2D eigenvalue weighted by atomic mass is 35.5. The third-order valence-corrected chi connectivity index (χ3v) is 7.56. The third-order valence-electron chi connectivity index (χ3n) is 7.56.